The van der Waals surface area contributed by atoms with Gasteiger partial charge in [-0.2, -0.15) is 0 Å². The quantitative estimate of drug-likeness (QED) is 0.873. The van der Waals surface area contributed by atoms with Crippen LogP contribution >= 0.6 is 11.6 Å². The van der Waals surface area contributed by atoms with Crippen LogP contribution in [0.25, 0.3) is 0 Å². The van der Waals surface area contributed by atoms with E-state index in [1.165, 1.54) is 0 Å². The molecule has 2 aliphatic heterocycles. The van der Waals surface area contributed by atoms with Gasteiger partial charge in [-0.25, -0.2) is 9.97 Å². The van der Waals surface area contributed by atoms with Gasteiger partial charge in [0.2, 0.25) is 11.9 Å². The van der Waals surface area contributed by atoms with Crippen molar-refractivity contribution in [3.8, 4) is 0 Å². The zero-order valence-electron chi connectivity index (χ0n) is 15.8. The molecule has 2 aromatic rings. The fraction of sp³-hybridized carbons (Fsp3) is 0.474. The van der Waals surface area contributed by atoms with Crippen molar-refractivity contribution in [1.29, 1.82) is 0 Å². The van der Waals surface area contributed by atoms with Crippen LogP contribution in [-0.2, 0) is 17.9 Å². The average Bonchev–Trinajstić information content (AvgIpc) is 3.33. The van der Waals surface area contributed by atoms with E-state index in [1.54, 1.807) is 19.4 Å². The molecule has 8 heteroatoms. The molecule has 1 atom stereocenters. The number of fused-ring (bicyclic) bond motifs is 1. The number of rotatable bonds is 3. The fourth-order valence-corrected chi connectivity index (χ4v) is 4.09. The Morgan fingerprint density at radius 3 is 2.70 bits per heavy atom. The summed E-state index contributed by atoms with van der Waals surface area (Å²) in [6.07, 6.45) is 4.44. The monoisotopic (exact) mass is 386 g/mol. The lowest BCUT2D eigenvalue weighted by molar-refractivity contribution is -0.135. The first-order valence-electron chi connectivity index (χ1n) is 9.16. The lowest BCUT2D eigenvalue weighted by Crippen LogP contribution is -2.34. The van der Waals surface area contributed by atoms with Crippen molar-refractivity contribution in [3.05, 3.63) is 39.9 Å². The van der Waals surface area contributed by atoms with Crippen LogP contribution in [0.2, 0.25) is 5.02 Å². The Bertz CT molecular complexity index is 885. The molecule has 0 aromatic carbocycles. The summed E-state index contributed by atoms with van der Waals surface area (Å²) in [4.78, 5) is 30.3. The summed E-state index contributed by atoms with van der Waals surface area (Å²) < 4.78 is 0. The van der Waals surface area contributed by atoms with Gasteiger partial charge in [0.1, 0.15) is 0 Å². The lowest BCUT2D eigenvalue weighted by Gasteiger charge is -2.21. The molecule has 1 fully saturated rings. The largest absolute Gasteiger partial charge is 0.368 e. The van der Waals surface area contributed by atoms with Crippen LogP contribution < -0.4 is 10.2 Å². The number of carbonyl (C=O) groups excluding carboxylic acids is 1. The van der Waals surface area contributed by atoms with Crippen LogP contribution in [0.5, 0.6) is 0 Å². The summed E-state index contributed by atoms with van der Waals surface area (Å²) in [5, 5.41) is 3.62. The number of pyridine rings is 1. The van der Waals surface area contributed by atoms with Crippen molar-refractivity contribution >= 4 is 29.1 Å². The number of halogens is 1. The normalized spacial score (nSPS) is 18.7. The molecule has 2 aromatic heterocycles. The molecule has 0 unspecified atom stereocenters. The second-order valence-electron chi connectivity index (χ2n) is 7.20. The molecule has 0 saturated carbocycles. The van der Waals surface area contributed by atoms with Crippen molar-refractivity contribution in [2.24, 2.45) is 5.92 Å². The molecule has 4 rings (SSSR count). The summed E-state index contributed by atoms with van der Waals surface area (Å²) in [5.41, 5.74) is 4.91. The van der Waals surface area contributed by atoms with Crippen LogP contribution in [-0.4, -0.2) is 45.9 Å². The maximum atomic E-state index is 13.1. The SMILES string of the molecule is CNc1ncc(N2CC[C@@H](C(=O)N3Cc4nc(C)c(Cl)c(C)c4C3)C2)cn1. The van der Waals surface area contributed by atoms with Crippen LogP contribution in [0.4, 0.5) is 11.6 Å². The zero-order chi connectivity index (χ0) is 19.1. The van der Waals surface area contributed by atoms with E-state index in [1.807, 2.05) is 18.7 Å². The number of hydrogen-bond donors (Lipinski definition) is 1. The molecular formula is C19H23ClN6O. The topological polar surface area (TPSA) is 74.2 Å². The summed E-state index contributed by atoms with van der Waals surface area (Å²) in [6, 6.07) is 0. The molecule has 1 amide bonds. The van der Waals surface area contributed by atoms with Gasteiger partial charge < -0.3 is 15.1 Å². The number of carbonyl (C=O) groups is 1. The highest BCUT2D eigenvalue weighted by atomic mass is 35.5. The Balaban J connectivity index is 1.44. The van der Waals surface area contributed by atoms with E-state index in [9.17, 15) is 4.79 Å². The number of nitrogens with zero attached hydrogens (tertiary/aromatic N) is 5. The molecule has 4 heterocycles. The maximum Gasteiger partial charge on any atom is 0.228 e. The van der Waals surface area contributed by atoms with Gasteiger partial charge >= 0.3 is 0 Å². The van der Waals surface area contributed by atoms with E-state index in [4.69, 9.17) is 11.6 Å². The smallest absolute Gasteiger partial charge is 0.228 e. The standard InChI is InChI=1S/C19H23ClN6O/c1-11-15-9-26(10-16(15)24-12(2)17(11)20)18(27)13-4-5-25(8-13)14-6-22-19(21-3)23-7-14/h6-7,13H,4-5,8-10H2,1-3H3,(H,21,22,23)/t13-/m1/s1. The van der Waals surface area contributed by atoms with E-state index in [2.05, 4.69) is 25.2 Å². The molecule has 1 N–H and O–H groups in total. The van der Waals surface area contributed by atoms with Gasteiger partial charge in [0.05, 0.1) is 47.0 Å². The average molecular weight is 387 g/mol. The van der Waals surface area contributed by atoms with Crippen LogP contribution in [0, 0.1) is 19.8 Å². The molecule has 0 aliphatic carbocycles. The van der Waals surface area contributed by atoms with Crippen LogP contribution in [0.3, 0.4) is 0 Å². The van der Waals surface area contributed by atoms with Crippen LogP contribution in [0.15, 0.2) is 12.4 Å². The summed E-state index contributed by atoms with van der Waals surface area (Å²) >= 11 is 6.34. The summed E-state index contributed by atoms with van der Waals surface area (Å²) in [7, 11) is 1.79. The van der Waals surface area contributed by atoms with E-state index in [0.29, 0.717) is 30.6 Å². The Labute approximate surface area is 163 Å². The van der Waals surface area contributed by atoms with Crippen molar-refractivity contribution in [2.75, 3.05) is 30.4 Å². The summed E-state index contributed by atoms with van der Waals surface area (Å²) in [5.74, 6) is 0.772. The van der Waals surface area contributed by atoms with Gasteiger partial charge in [-0.1, -0.05) is 11.6 Å². The molecule has 142 valence electrons. The predicted molar refractivity (Wildman–Crippen MR) is 105 cm³/mol. The number of hydrogen-bond acceptors (Lipinski definition) is 6. The van der Waals surface area contributed by atoms with Crippen molar-refractivity contribution in [2.45, 2.75) is 33.4 Å². The third-order valence-electron chi connectivity index (χ3n) is 5.52. The highest BCUT2D eigenvalue weighted by Gasteiger charge is 2.35. The number of amides is 1. The third kappa shape index (κ3) is 3.20. The number of nitrogens with one attached hydrogen (secondary N) is 1. The van der Waals surface area contributed by atoms with Crippen molar-refractivity contribution < 1.29 is 4.79 Å². The highest BCUT2D eigenvalue weighted by Crippen LogP contribution is 2.33. The predicted octanol–water partition coefficient (Wildman–Crippen LogP) is 2.55. The maximum absolute atomic E-state index is 13.1. The van der Waals surface area contributed by atoms with E-state index >= 15 is 0 Å². The minimum Gasteiger partial charge on any atom is -0.368 e. The minimum absolute atomic E-state index is 0.0137. The van der Waals surface area contributed by atoms with Gasteiger partial charge in [0, 0.05) is 26.7 Å². The Morgan fingerprint density at radius 1 is 1.26 bits per heavy atom. The van der Waals surface area contributed by atoms with Gasteiger partial charge in [0.15, 0.2) is 0 Å². The van der Waals surface area contributed by atoms with Gasteiger partial charge in [-0.05, 0) is 31.4 Å². The first-order chi connectivity index (χ1) is 13.0. The van der Waals surface area contributed by atoms with Gasteiger partial charge in [-0.15, -0.1) is 0 Å². The highest BCUT2D eigenvalue weighted by molar-refractivity contribution is 6.32. The Hall–Kier alpha value is -2.41. The first-order valence-corrected chi connectivity index (χ1v) is 9.53. The Kier molecular flexibility index (Phi) is 4.63. The molecule has 1 saturated heterocycles. The molecule has 0 spiro atoms. The lowest BCUT2D eigenvalue weighted by atomic mass is 10.1. The van der Waals surface area contributed by atoms with Crippen molar-refractivity contribution in [1.82, 2.24) is 19.9 Å². The molecule has 7 nitrogen and oxygen atoms in total. The molecule has 27 heavy (non-hydrogen) atoms. The fourth-order valence-electron chi connectivity index (χ4n) is 3.93. The minimum atomic E-state index is -0.0137. The second kappa shape index (κ2) is 6.96. The molecule has 0 radical (unpaired) electrons. The number of anilines is 2. The van der Waals surface area contributed by atoms with Crippen molar-refractivity contribution in [3.63, 3.8) is 0 Å². The van der Waals surface area contributed by atoms with Gasteiger partial charge in [0.25, 0.3) is 0 Å². The van der Waals surface area contributed by atoms with E-state index in [-0.39, 0.29) is 11.8 Å². The van der Waals surface area contributed by atoms with E-state index in [0.717, 1.165) is 41.2 Å². The molecule has 2 aliphatic rings. The van der Waals surface area contributed by atoms with E-state index < -0.39 is 0 Å². The van der Waals surface area contributed by atoms with Gasteiger partial charge in [-0.3, -0.25) is 9.78 Å². The first kappa shape index (κ1) is 18.0. The molecule has 0 bridgehead atoms. The number of aryl methyl sites for hydroxylation is 1. The Morgan fingerprint density at radius 2 is 2.00 bits per heavy atom. The summed E-state index contributed by atoms with van der Waals surface area (Å²) in [6.45, 7) is 6.63. The number of aromatic nitrogens is 3. The third-order valence-corrected chi connectivity index (χ3v) is 6.07. The van der Waals surface area contributed by atoms with Crippen LogP contribution in [0.1, 0.15) is 28.9 Å². The second-order valence-corrected chi connectivity index (χ2v) is 7.58. The zero-order valence-corrected chi connectivity index (χ0v) is 16.5. The molecular weight excluding hydrogens is 364 g/mol.